The summed E-state index contributed by atoms with van der Waals surface area (Å²) in [6, 6.07) is 16.6. The fourth-order valence-corrected chi connectivity index (χ4v) is 5.49. The van der Waals surface area contributed by atoms with Crippen LogP contribution >= 0.6 is 12.4 Å². The van der Waals surface area contributed by atoms with Crippen LogP contribution in [0, 0.1) is 0 Å². The molecule has 7 heteroatoms. The van der Waals surface area contributed by atoms with Crippen molar-refractivity contribution < 1.29 is 9.59 Å². The normalized spacial score (nSPS) is 17.6. The molecule has 4 heterocycles. The van der Waals surface area contributed by atoms with E-state index in [1.165, 1.54) is 0 Å². The fourth-order valence-electron chi connectivity index (χ4n) is 5.49. The van der Waals surface area contributed by atoms with Crippen molar-refractivity contribution in [3.63, 3.8) is 0 Å². The van der Waals surface area contributed by atoms with Crippen molar-refractivity contribution >= 4 is 57.2 Å². The largest absolute Gasteiger partial charge is 0.350 e. The molecule has 0 atom stereocenters. The minimum atomic E-state index is -0.331. The monoisotopic (exact) mass is 474 g/mol. The van der Waals surface area contributed by atoms with Crippen molar-refractivity contribution in [3.8, 4) is 0 Å². The van der Waals surface area contributed by atoms with Gasteiger partial charge in [0, 0.05) is 58.4 Å². The fraction of sp³-hybridized carbons (Fsp3) is 0.259. The molecule has 2 aliphatic rings. The third-order valence-corrected chi connectivity index (χ3v) is 7.19. The average molecular weight is 475 g/mol. The van der Waals surface area contributed by atoms with E-state index in [-0.39, 0.29) is 24.2 Å². The molecule has 0 bridgehead atoms. The zero-order chi connectivity index (χ0) is 22.7. The summed E-state index contributed by atoms with van der Waals surface area (Å²) in [4.78, 5) is 28.6. The molecule has 1 saturated heterocycles. The van der Waals surface area contributed by atoms with Gasteiger partial charge in [-0.2, -0.15) is 0 Å². The molecule has 1 N–H and O–H groups in total. The van der Waals surface area contributed by atoms with Crippen LogP contribution in [0.2, 0.25) is 0 Å². The van der Waals surface area contributed by atoms with Crippen LogP contribution in [0.25, 0.3) is 33.0 Å². The molecule has 0 saturated carbocycles. The number of benzene rings is 2. The lowest BCUT2D eigenvalue weighted by molar-refractivity contribution is -0.122. The molecule has 4 aromatic rings. The van der Waals surface area contributed by atoms with Gasteiger partial charge >= 0.3 is 0 Å². The molecule has 34 heavy (non-hydrogen) atoms. The van der Waals surface area contributed by atoms with Crippen LogP contribution in [0.1, 0.15) is 30.0 Å². The molecule has 6 nitrogen and oxygen atoms in total. The van der Waals surface area contributed by atoms with Crippen LogP contribution in [-0.4, -0.2) is 46.0 Å². The lowest BCUT2D eigenvalue weighted by Crippen LogP contribution is -2.31. The van der Waals surface area contributed by atoms with Crippen molar-refractivity contribution in [3.05, 3.63) is 72.1 Å². The van der Waals surface area contributed by atoms with E-state index in [0.29, 0.717) is 17.2 Å². The number of carbonyl (C=O) groups is 2. The number of rotatable bonds is 3. The summed E-state index contributed by atoms with van der Waals surface area (Å²) in [6.45, 7) is 2.10. The Bertz CT molecular complexity index is 1470. The van der Waals surface area contributed by atoms with Crippen LogP contribution in [0.3, 0.4) is 0 Å². The van der Waals surface area contributed by atoms with Crippen LogP contribution < -0.4 is 5.32 Å². The van der Waals surface area contributed by atoms with Crippen molar-refractivity contribution in [1.82, 2.24) is 19.4 Å². The van der Waals surface area contributed by atoms with Gasteiger partial charge in [0.2, 0.25) is 0 Å². The number of para-hydroxylation sites is 2. The summed E-state index contributed by atoms with van der Waals surface area (Å²) >= 11 is 0. The lowest BCUT2D eigenvalue weighted by Gasteiger charge is -2.30. The molecule has 0 spiro atoms. The summed E-state index contributed by atoms with van der Waals surface area (Å²) in [7, 11) is 4.12. The number of hydrogen-bond acceptors (Lipinski definition) is 3. The Morgan fingerprint density at radius 1 is 0.765 bits per heavy atom. The number of carbonyl (C=O) groups excluding carboxylic acids is 2. The van der Waals surface area contributed by atoms with E-state index >= 15 is 0 Å². The average Bonchev–Trinajstić information content (AvgIpc) is 3.45. The van der Waals surface area contributed by atoms with Gasteiger partial charge in [0.25, 0.3) is 11.8 Å². The topological polar surface area (TPSA) is 59.3 Å². The van der Waals surface area contributed by atoms with Crippen LogP contribution in [-0.2, 0) is 16.6 Å². The number of nitrogens with zero attached hydrogens (tertiary/aromatic N) is 3. The molecule has 0 unspecified atom stereocenters. The van der Waals surface area contributed by atoms with Gasteiger partial charge in [-0.3, -0.25) is 14.9 Å². The van der Waals surface area contributed by atoms with Crippen molar-refractivity contribution in [2.24, 2.45) is 7.05 Å². The van der Waals surface area contributed by atoms with E-state index in [0.717, 1.165) is 58.9 Å². The van der Waals surface area contributed by atoms with E-state index in [1.54, 1.807) is 0 Å². The maximum Gasteiger partial charge on any atom is 0.259 e. The third-order valence-electron chi connectivity index (χ3n) is 7.19. The molecule has 2 aromatic carbocycles. The Morgan fingerprint density at radius 3 is 1.94 bits per heavy atom. The highest BCUT2D eigenvalue weighted by Crippen LogP contribution is 2.40. The first-order valence-corrected chi connectivity index (χ1v) is 11.5. The number of amides is 2. The molecular formula is C27H27ClN4O2. The summed E-state index contributed by atoms with van der Waals surface area (Å²) in [5.74, 6) is -0.656. The smallest absolute Gasteiger partial charge is 0.259 e. The highest BCUT2D eigenvalue weighted by molar-refractivity contribution is 6.50. The Hall–Kier alpha value is -3.35. The maximum atomic E-state index is 13.2. The van der Waals surface area contributed by atoms with Crippen molar-refractivity contribution in [2.75, 3.05) is 20.1 Å². The number of hydrogen-bond donors (Lipinski definition) is 1. The Kier molecular flexibility index (Phi) is 5.58. The number of fused-ring (bicyclic) bond motifs is 2. The molecule has 0 radical (unpaired) electrons. The maximum absolute atomic E-state index is 13.2. The predicted molar refractivity (Wildman–Crippen MR) is 138 cm³/mol. The Labute approximate surface area is 204 Å². The lowest BCUT2D eigenvalue weighted by atomic mass is 9.95. The summed E-state index contributed by atoms with van der Waals surface area (Å²) in [5.41, 5.74) is 4.69. The summed E-state index contributed by atoms with van der Waals surface area (Å²) in [6.07, 6.45) is 6.18. The first-order valence-electron chi connectivity index (χ1n) is 11.5. The summed E-state index contributed by atoms with van der Waals surface area (Å²) < 4.78 is 4.33. The second-order valence-electron chi connectivity index (χ2n) is 9.21. The van der Waals surface area contributed by atoms with Gasteiger partial charge in [0.1, 0.15) is 0 Å². The molecule has 0 aliphatic carbocycles. The van der Waals surface area contributed by atoms with Gasteiger partial charge in [-0.05, 0) is 45.1 Å². The van der Waals surface area contributed by atoms with Gasteiger partial charge in [0.15, 0.2) is 0 Å². The van der Waals surface area contributed by atoms with Crippen LogP contribution in [0.4, 0.5) is 0 Å². The molecule has 2 aliphatic heterocycles. The zero-order valence-electron chi connectivity index (χ0n) is 19.2. The predicted octanol–water partition coefficient (Wildman–Crippen LogP) is 4.39. The van der Waals surface area contributed by atoms with Gasteiger partial charge in [-0.15, -0.1) is 12.4 Å². The van der Waals surface area contributed by atoms with E-state index in [4.69, 9.17) is 0 Å². The molecule has 2 amide bonds. The number of aromatic nitrogens is 2. The zero-order valence-corrected chi connectivity index (χ0v) is 20.1. The van der Waals surface area contributed by atoms with E-state index < -0.39 is 0 Å². The van der Waals surface area contributed by atoms with Gasteiger partial charge < -0.3 is 14.0 Å². The highest BCUT2D eigenvalue weighted by Gasteiger charge is 2.35. The first kappa shape index (κ1) is 22.4. The van der Waals surface area contributed by atoms with Gasteiger partial charge in [-0.25, -0.2) is 0 Å². The Balaban J connectivity index is 0.00000241. The number of piperidine rings is 1. The highest BCUT2D eigenvalue weighted by atomic mass is 35.5. The van der Waals surface area contributed by atoms with Crippen molar-refractivity contribution in [2.45, 2.75) is 18.9 Å². The standard InChI is InChI=1S/C27H26N4O2.ClH/c1-29-13-11-17(12-14-29)31-16-21(19-8-4-6-10-23(19)31)25-24(26(32)28-27(25)33)20-15-30(2)22-9-5-3-7-18(20)22;/h3-10,15-17H,11-14H2,1-2H3,(H,28,32,33);1H. The number of halogens is 1. The number of aryl methyl sites for hydroxylation is 1. The molecule has 174 valence electrons. The van der Waals surface area contributed by atoms with E-state index in [1.807, 2.05) is 54.2 Å². The minimum Gasteiger partial charge on any atom is -0.350 e. The SMILES string of the molecule is CN1CCC(n2cc(C3=C(c4cn(C)c5ccccc45)C(=O)NC3=O)c3ccccc32)CC1.Cl. The number of nitrogens with one attached hydrogen (secondary N) is 1. The summed E-state index contributed by atoms with van der Waals surface area (Å²) in [5, 5.41) is 4.55. The Morgan fingerprint density at radius 2 is 1.29 bits per heavy atom. The molecule has 1 fully saturated rings. The van der Waals surface area contributed by atoms with Crippen molar-refractivity contribution in [1.29, 1.82) is 0 Å². The molecule has 2 aromatic heterocycles. The third kappa shape index (κ3) is 3.37. The van der Waals surface area contributed by atoms with Gasteiger partial charge in [0.05, 0.1) is 11.1 Å². The number of imide groups is 1. The molecule has 6 rings (SSSR count). The van der Waals surface area contributed by atoms with E-state index in [2.05, 4.69) is 40.2 Å². The second-order valence-corrected chi connectivity index (χ2v) is 9.21. The quantitative estimate of drug-likeness (QED) is 0.448. The van der Waals surface area contributed by atoms with Crippen LogP contribution in [0.15, 0.2) is 60.9 Å². The number of likely N-dealkylation sites (tertiary alicyclic amines) is 1. The molecular weight excluding hydrogens is 448 g/mol. The first-order chi connectivity index (χ1) is 16.0. The minimum absolute atomic E-state index is 0. The van der Waals surface area contributed by atoms with Gasteiger partial charge in [-0.1, -0.05) is 36.4 Å². The van der Waals surface area contributed by atoms with Crippen LogP contribution in [0.5, 0.6) is 0 Å². The van der Waals surface area contributed by atoms with E-state index in [9.17, 15) is 9.59 Å². The second kappa shape index (κ2) is 8.46.